The van der Waals surface area contributed by atoms with Gasteiger partial charge in [0.2, 0.25) is 5.91 Å². The molecule has 8 heteroatoms. The fraction of sp³-hybridized carbons (Fsp3) is 0.500. The Kier molecular flexibility index (Phi) is 4.30. The third-order valence-electron chi connectivity index (χ3n) is 6.50. The summed E-state index contributed by atoms with van der Waals surface area (Å²) in [6, 6.07) is 5.14. The van der Waals surface area contributed by atoms with E-state index in [1.165, 1.54) is 6.07 Å². The number of imidazole rings is 1. The van der Waals surface area contributed by atoms with Crippen LogP contribution in [0.4, 0.5) is 4.39 Å². The second-order valence-electron chi connectivity index (χ2n) is 7.97. The topological polar surface area (TPSA) is 39.4 Å². The van der Waals surface area contributed by atoms with Crippen LogP contribution < -0.4 is 0 Å². The van der Waals surface area contributed by atoms with Gasteiger partial charge in [-0.25, -0.2) is 4.39 Å². The van der Waals surface area contributed by atoms with Crippen molar-refractivity contribution < 1.29 is 13.9 Å². The Hall–Kier alpha value is -1.51. The number of halogens is 2. The molecule has 2 atom stereocenters. The number of fused-ring (bicyclic) bond motifs is 3. The normalized spacial score (nSPS) is 25.5. The van der Waals surface area contributed by atoms with Crippen molar-refractivity contribution in [2.75, 3.05) is 26.3 Å². The zero-order chi connectivity index (χ0) is 19.6. The van der Waals surface area contributed by atoms with Crippen molar-refractivity contribution in [1.29, 1.82) is 0 Å². The van der Waals surface area contributed by atoms with Crippen molar-refractivity contribution in [1.82, 2.24) is 14.0 Å². The summed E-state index contributed by atoms with van der Waals surface area (Å²) in [5.74, 6) is 0.151. The molecule has 1 aromatic carbocycles. The molecule has 5 rings (SSSR count). The van der Waals surface area contributed by atoms with Gasteiger partial charge in [-0.2, -0.15) is 0 Å². The van der Waals surface area contributed by atoms with E-state index in [4.69, 9.17) is 17.0 Å². The highest BCUT2D eigenvalue weighted by Crippen LogP contribution is 2.66. The first-order chi connectivity index (χ1) is 13.4. The molecule has 3 aliphatic rings. The van der Waals surface area contributed by atoms with Crippen LogP contribution in [0.2, 0.25) is 0 Å². The van der Waals surface area contributed by atoms with E-state index in [9.17, 15) is 9.18 Å². The number of hydrogen-bond acceptors (Lipinski definition) is 3. The van der Waals surface area contributed by atoms with Crippen LogP contribution >= 0.6 is 28.1 Å². The number of carbonyl (C=O) groups excluding carboxylic acids is 1. The molecule has 0 radical (unpaired) electrons. The summed E-state index contributed by atoms with van der Waals surface area (Å²) in [5.41, 5.74) is 2.61. The van der Waals surface area contributed by atoms with Crippen LogP contribution in [0.15, 0.2) is 22.7 Å². The molecule has 1 saturated heterocycles. The monoisotopic (exact) mass is 465 g/mol. The first kappa shape index (κ1) is 18.5. The van der Waals surface area contributed by atoms with E-state index in [1.54, 1.807) is 6.07 Å². The predicted octanol–water partition coefficient (Wildman–Crippen LogP) is 3.30. The van der Waals surface area contributed by atoms with Crippen LogP contribution in [0.5, 0.6) is 0 Å². The zero-order valence-corrected chi connectivity index (χ0v) is 18.0. The Labute approximate surface area is 176 Å². The van der Waals surface area contributed by atoms with Crippen molar-refractivity contribution in [2.45, 2.75) is 30.7 Å². The van der Waals surface area contributed by atoms with Crippen molar-refractivity contribution in [3.8, 4) is 0 Å². The lowest BCUT2D eigenvalue weighted by atomic mass is 9.93. The Morgan fingerprint density at radius 1 is 1.39 bits per heavy atom. The summed E-state index contributed by atoms with van der Waals surface area (Å²) in [5, 5.41) is 0. The predicted molar refractivity (Wildman–Crippen MR) is 108 cm³/mol. The number of aromatic nitrogens is 2. The van der Waals surface area contributed by atoms with Gasteiger partial charge >= 0.3 is 0 Å². The van der Waals surface area contributed by atoms with Gasteiger partial charge in [0.05, 0.1) is 19.6 Å². The van der Waals surface area contributed by atoms with E-state index >= 15 is 0 Å². The molecule has 148 valence electrons. The lowest BCUT2D eigenvalue weighted by Gasteiger charge is -2.27. The molecule has 0 unspecified atom stereocenters. The molecular weight excluding hydrogens is 445 g/mol. The maximum atomic E-state index is 14.6. The van der Waals surface area contributed by atoms with Crippen LogP contribution in [-0.2, 0) is 35.0 Å². The first-order valence-corrected chi connectivity index (χ1v) is 10.7. The summed E-state index contributed by atoms with van der Waals surface area (Å²) in [4.78, 5) is 14.7. The van der Waals surface area contributed by atoms with Gasteiger partial charge in [0, 0.05) is 53.9 Å². The number of nitrogens with zero attached hydrogens (tertiary/aromatic N) is 3. The van der Waals surface area contributed by atoms with E-state index in [1.807, 2.05) is 22.6 Å². The fourth-order valence-corrected chi connectivity index (χ4v) is 5.56. The minimum Gasteiger partial charge on any atom is -0.378 e. The Morgan fingerprint density at radius 3 is 2.89 bits per heavy atom. The molecule has 0 bridgehead atoms. The van der Waals surface area contributed by atoms with Gasteiger partial charge in [0.1, 0.15) is 5.82 Å². The first-order valence-electron chi connectivity index (χ1n) is 9.52. The highest BCUT2D eigenvalue weighted by molar-refractivity contribution is 9.10. The lowest BCUT2D eigenvalue weighted by Crippen LogP contribution is -2.41. The number of amides is 1. The average molecular weight is 466 g/mol. The zero-order valence-electron chi connectivity index (χ0n) is 15.6. The van der Waals surface area contributed by atoms with Crippen LogP contribution in [0, 0.1) is 10.6 Å². The molecule has 1 aliphatic carbocycles. The number of benzene rings is 1. The van der Waals surface area contributed by atoms with Crippen molar-refractivity contribution in [3.05, 3.63) is 50.2 Å². The summed E-state index contributed by atoms with van der Waals surface area (Å²) >= 11 is 9.13. The molecule has 2 aliphatic heterocycles. The third kappa shape index (κ3) is 2.64. The second-order valence-corrected chi connectivity index (χ2v) is 9.25. The molecule has 3 heterocycles. The minimum absolute atomic E-state index is 0.106. The highest BCUT2D eigenvalue weighted by Gasteiger charge is 2.63. The SMILES string of the molecule is Cn1c(CC(=O)N2CCOCC2)c2n(c1=S)C[C@@]1(c3cc(Br)ccc3F)C[C@@H]21. The van der Waals surface area contributed by atoms with Gasteiger partial charge in [-0.15, -0.1) is 0 Å². The maximum absolute atomic E-state index is 14.6. The molecule has 1 aromatic heterocycles. The van der Waals surface area contributed by atoms with E-state index in [0.717, 1.165) is 27.8 Å². The quantitative estimate of drug-likeness (QED) is 0.652. The van der Waals surface area contributed by atoms with Crippen molar-refractivity contribution in [2.24, 2.45) is 7.05 Å². The Bertz CT molecular complexity index is 1040. The van der Waals surface area contributed by atoms with E-state index in [2.05, 4.69) is 20.5 Å². The van der Waals surface area contributed by atoms with Crippen LogP contribution in [0.25, 0.3) is 0 Å². The molecule has 1 amide bonds. The van der Waals surface area contributed by atoms with Gasteiger partial charge < -0.3 is 18.8 Å². The standard InChI is InChI=1S/C20H21BrFN3O2S/c1-23-16(9-17(26)24-4-6-27-7-5-24)18-14-10-20(14,11-25(18)19(23)28)13-8-12(21)2-3-15(13)22/h2-3,8,14H,4-7,9-11H2,1H3/t14-,20+/m0/s1. The number of hydrogen-bond donors (Lipinski definition) is 0. The van der Waals surface area contributed by atoms with Crippen LogP contribution in [0.3, 0.4) is 0 Å². The van der Waals surface area contributed by atoms with Crippen molar-refractivity contribution in [3.63, 3.8) is 0 Å². The summed E-state index contributed by atoms with van der Waals surface area (Å²) < 4.78 is 25.6. The maximum Gasteiger partial charge on any atom is 0.228 e. The molecule has 2 aromatic rings. The second kappa shape index (κ2) is 6.50. The third-order valence-corrected chi connectivity index (χ3v) is 7.49. The molecule has 2 fully saturated rings. The fourth-order valence-electron chi connectivity index (χ4n) is 4.93. The van der Waals surface area contributed by atoms with E-state index < -0.39 is 0 Å². The molecular formula is C20H21BrFN3O2S. The Balaban J connectivity index is 1.49. The summed E-state index contributed by atoms with van der Waals surface area (Å²) in [7, 11) is 1.93. The van der Waals surface area contributed by atoms with Crippen LogP contribution in [0.1, 0.15) is 29.3 Å². The lowest BCUT2D eigenvalue weighted by molar-refractivity contribution is -0.134. The molecule has 5 nitrogen and oxygen atoms in total. The molecule has 0 spiro atoms. The van der Waals surface area contributed by atoms with Gasteiger partial charge in [0.25, 0.3) is 0 Å². The molecule has 0 N–H and O–H groups in total. The summed E-state index contributed by atoms with van der Waals surface area (Å²) in [6.07, 6.45) is 1.23. The number of rotatable bonds is 3. The van der Waals surface area contributed by atoms with Gasteiger partial charge in [-0.3, -0.25) is 4.79 Å². The molecule has 28 heavy (non-hydrogen) atoms. The molecule has 1 saturated carbocycles. The van der Waals surface area contributed by atoms with Gasteiger partial charge in [-0.05, 0) is 42.4 Å². The van der Waals surface area contributed by atoms with Crippen molar-refractivity contribution >= 4 is 34.1 Å². The van der Waals surface area contributed by atoms with E-state index in [-0.39, 0.29) is 23.1 Å². The number of carbonyl (C=O) groups is 1. The smallest absolute Gasteiger partial charge is 0.228 e. The van der Waals surface area contributed by atoms with E-state index in [0.29, 0.717) is 44.0 Å². The summed E-state index contributed by atoms with van der Waals surface area (Å²) in [6.45, 7) is 3.13. The van der Waals surface area contributed by atoms with Gasteiger partial charge in [-0.1, -0.05) is 15.9 Å². The number of ether oxygens (including phenoxy) is 1. The largest absolute Gasteiger partial charge is 0.378 e. The van der Waals surface area contributed by atoms with Gasteiger partial charge in [0.15, 0.2) is 4.77 Å². The minimum atomic E-state index is -0.234. The van der Waals surface area contributed by atoms with Crippen LogP contribution in [-0.4, -0.2) is 46.2 Å². The number of morpholine rings is 1. The average Bonchev–Trinajstić information content (AvgIpc) is 3.26. The Morgan fingerprint density at radius 2 is 2.14 bits per heavy atom. The highest BCUT2D eigenvalue weighted by atomic mass is 79.9.